The Balaban J connectivity index is 1.84. The number of thioether (sulfide) groups is 2. The predicted molar refractivity (Wildman–Crippen MR) is 141 cm³/mol. The summed E-state index contributed by atoms with van der Waals surface area (Å²) in [6.07, 6.45) is 2.01. The van der Waals surface area contributed by atoms with Crippen LogP contribution in [0.5, 0.6) is 23.0 Å². The number of quaternary nitrogens is 1. The zero-order valence-corrected chi connectivity index (χ0v) is 21.7. The van der Waals surface area contributed by atoms with Crippen LogP contribution in [0.3, 0.4) is 0 Å². The molecule has 0 saturated heterocycles. The minimum atomic E-state index is -0.649. The Hall–Kier alpha value is -2.76. The fourth-order valence-electron chi connectivity index (χ4n) is 4.34. The van der Waals surface area contributed by atoms with Gasteiger partial charge in [0, 0.05) is 30.0 Å². The van der Waals surface area contributed by atoms with Crippen LogP contribution in [-0.4, -0.2) is 71.9 Å². The fraction of sp³-hybridized carbons (Fsp3) is 0.417. The average molecular weight is 519 g/mol. The maximum Gasteiger partial charge on any atom is 0.185 e. The van der Waals surface area contributed by atoms with Crippen LogP contribution in [0.15, 0.2) is 38.0 Å². The van der Waals surface area contributed by atoms with Crippen molar-refractivity contribution in [2.45, 2.75) is 33.1 Å². The first-order valence-electron chi connectivity index (χ1n) is 11.4. The van der Waals surface area contributed by atoms with Gasteiger partial charge >= 0.3 is 0 Å². The van der Waals surface area contributed by atoms with Crippen LogP contribution in [0.1, 0.15) is 23.1 Å². The van der Waals surface area contributed by atoms with E-state index in [1.54, 1.807) is 31.0 Å². The average Bonchev–Trinajstić information content (AvgIpc) is 3.20. The molecule has 0 amide bonds. The minimum Gasteiger partial charge on any atom is -0.504 e. The van der Waals surface area contributed by atoms with E-state index in [1.165, 1.54) is 16.7 Å². The highest BCUT2D eigenvalue weighted by Crippen LogP contribution is 2.64. The third-order valence-corrected chi connectivity index (χ3v) is 9.46. The van der Waals surface area contributed by atoms with Gasteiger partial charge in [-0.15, -0.1) is 0 Å². The van der Waals surface area contributed by atoms with Gasteiger partial charge in [-0.1, -0.05) is 23.5 Å². The van der Waals surface area contributed by atoms with Crippen LogP contribution in [-0.2, 0) is 12.8 Å². The van der Waals surface area contributed by atoms with Gasteiger partial charge < -0.3 is 36.4 Å². The zero-order chi connectivity index (χ0) is 25.3. The molecule has 9 nitrogen and oxygen atoms in total. The summed E-state index contributed by atoms with van der Waals surface area (Å²) in [5.74, 6) is 0.218. The van der Waals surface area contributed by atoms with Gasteiger partial charge in [0.25, 0.3) is 0 Å². The number of ether oxygens (including phenoxy) is 1. The van der Waals surface area contributed by atoms with Crippen molar-refractivity contribution in [1.82, 2.24) is 0 Å². The maximum atomic E-state index is 11.1. The molecule has 0 bridgehead atoms. The number of nitrogens with zero attached hydrogens (tertiary/aromatic N) is 2. The monoisotopic (exact) mass is 518 g/mol. The number of rotatable bonds is 8. The van der Waals surface area contributed by atoms with E-state index in [1.807, 2.05) is 6.07 Å². The zero-order valence-electron chi connectivity index (χ0n) is 20.1. The van der Waals surface area contributed by atoms with E-state index >= 15 is 0 Å². The van der Waals surface area contributed by atoms with E-state index in [0.717, 1.165) is 45.2 Å². The third kappa shape index (κ3) is 4.98. The second kappa shape index (κ2) is 10.1. The Morgan fingerprint density at radius 2 is 1.86 bits per heavy atom. The van der Waals surface area contributed by atoms with Crippen LogP contribution in [0.25, 0.3) is 0 Å². The first-order valence-corrected chi connectivity index (χ1v) is 13.0. The van der Waals surface area contributed by atoms with Gasteiger partial charge in [-0.3, -0.25) is 9.98 Å². The summed E-state index contributed by atoms with van der Waals surface area (Å²) in [6.45, 7) is 1.84. The first-order chi connectivity index (χ1) is 16.6. The van der Waals surface area contributed by atoms with Crippen LogP contribution in [0, 0.1) is 0 Å². The molecule has 1 atom stereocenters. The van der Waals surface area contributed by atoms with Crippen molar-refractivity contribution in [2.24, 2.45) is 21.5 Å². The van der Waals surface area contributed by atoms with Gasteiger partial charge in [-0.25, -0.2) is 0 Å². The van der Waals surface area contributed by atoms with E-state index in [9.17, 15) is 15.3 Å². The van der Waals surface area contributed by atoms with Crippen LogP contribution in [0.2, 0.25) is 0 Å². The topological polar surface area (TPSA) is 151 Å². The van der Waals surface area contributed by atoms with Crippen molar-refractivity contribution in [1.29, 1.82) is 0 Å². The number of nitrogens with two attached hydrogens (primary N) is 2. The molecule has 2 aliphatic heterocycles. The molecule has 2 heterocycles. The van der Waals surface area contributed by atoms with Gasteiger partial charge in [-0.2, -0.15) is 0 Å². The Kier molecular flexibility index (Phi) is 7.30. The summed E-state index contributed by atoms with van der Waals surface area (Å²) < 4.78 is 4.85. The van der Waals surface area contributed by atoms with Crippen molar-refractivity contribution in [2.75, 3.05) is 40.8 Å². The lowest BCUT2D eigenvalue weighted by atomic mass is 9.93. The molecule has 0 aliphatic carbocycles. The molecule has 4 rings (SSSR count). The fourth-order valence-corrected chi connectivity index (χ4v) is 7.74. The molecule has 35 heavy (non-hydrogen) atoms. The summed E-state index contributed by atoms with van der Waals surface area (Å²) in [5.41, 5.74) is 14.8. The summed E-state index contributed by atoms with van der Waals surface area (Å²) in [6, 6.07) is 5.09. The SMILES string of the molecule is COc1cc(CC[NH+](C)C)c2c(c1O)SC(CCN=C(N)N)(C1=NCCc3cc(O)c(O)cc31)S2. The lowest BCUT2D eigenvalue weighted by molar-refractivity contribution is -0.858. The molecular weight excluding hydrogens is 486 g/mol. The van der Waals surface area contributed by atoms with E-state index in [0.29, 0.717) is 31.7 Å². The number of aromatic hydroxyl groups is 3. The number of phenols is 3. The number of phenolic OH excluding ortho intramolecular Hbond substituents is 3. The Morgan fingerprint density at radius 1 is 1.14 bits per heavy atom. The number of methoxy groups -OCH3 is 1. The van der Waals surface area contributed by atoms with E-state index < -0.39 is 4.08 Å². The molecule has 11 heteroatoms. The number of nitrogens with one attached hydrogen (secondary N) is 1. The molecule has 0 spiro atoms. The summed E-state index contributed by atoms with van der Waals surface area (Å²) in [4.78, 5) is 12.2. The third-order valence-electron chi connectivity index (χ3n) is 6.10. The molecule has 1 unspecified atom stereocenters. The molecule has 8 N–H and O–H groups in total. The number of guanidine groups is 1. The number of hydrogen-bond acceptors (Lipinski definition) is 8. The van der Waals surface area contributed by atoms with Crippen molar-refractivity contribution in [3.8, 4) is 23.0 Å². The highest BCUT2D eigenvalue weighted by Gasteiger charge is 2.48. The Bertz CT molecular complexity index is 1200. The number of fused-ring (bicyclic) bond motifs is 2. The largest absolute Gasteiger partial charge is 0.504 e. The highest BCUT2D eigenvalue weighted by molar-refractivity contribution is 8.22. The number of benzene rings is 2. The van der Waals surface area contributed by atoms with E-state index in [2.05, 4.69) is 19.1 Å². The van der Waals surface area contributed by atoms with Crippen molar-refractivity contribution >= 4 is 35.2 Å². The Morgan fingerprint density at radius 3 is 2.54 bits per heavy atom. The molecule has 2 aliphatic rings. The molecule has 0 aromatic heterocycles. The lowest BCUT2D eigenvalue weighted by Gasteiger charge is -2.32. The normalized spacial score (nSPS) is 18.7. The first kappa shape index (κ1) is 25.3. The molecule has 0 fully saturated rings. The Labute approximate surface area is 213 Å². The molecular formula is C24H32N5O4S2+. The van der Waals surface area contributed by atoms with E-state index in [-0.39, 0.29) is 23.2 Å². The van der Waals surface area contributed by atoms with Crippen LogP contribution in [0.4, 0.5) is 0 Å². The standard InChI is InChI=1S/C24H31N5O4S2/c1-29(2)9-5-14-11-18(33-3)19(32)21-20(14)34-24(35-21,6-8-28-23(25)26)22-15-12-17(31)16(30)10-13(15)4-7-27-22/h10-12,30-32H,4-9H2,1-3H3,(H4,25,26,28)/p+1. The molecule has 0 saturated carbocycles. The van der Waals surface area contributed by atoms with Crippen molar-refractivity contribution in [3.05, 3.63) is 34.9 Å². The van der Waals surface area contributed by atoms with Gasteiger partial charge in [0.1, 0.15) is 4.08 Å². The predicted octanol–water partition coefficient (Wildman–Crippen LogP) is 1.10. The van der Waals surface area contributed by atoms with Crippen LogP contribution >= 0.6 is 23.5 Å². The number of likely N-dealkylation sites (N-methyl/N-ethyl adjacent to an activating group) is 1. The van der Waals surface area contributed by atoms with Gasteiger partial charge in [-0.05, 0) is 42.2 Å². The highest BCUT2D eigenvalue weighted by atomic mass is 32.2. The van der Waals surface area contributed by atoms with Crippen LogP contribution < -0.4 is 21.1 Å². The second-order valence-corrected chi connectivity index (χ2v) is 11.8. The second-order valence-electron chi connectivity index (χ2n) is 8.94. The minimum absolute atomic E-state index is 0.0124. The van der Waals surface area contributed by atoms with Crippen molar-refractivity contribution in [3.63, 3.8) is 0 Å². The molecule has 2 aromatic rings. The van der Waals surface area contributed by atoms with Gasteiger partial charge in [0.05, 0.1) is 38.4 Å². The number of aliphatic imine (C=N–C) groups is 2. The molecule has 188 valence electrons. The summed E-state index contributed by atoms with van der Waals surface area (Å²) >= 11 is 3.16. The summed E-state index contributed by atoms with van der Waals surface area (Å²) in [7, 11) is 5.77. The van der Waals surface area contributed by atoms with Crippen molar-refractivity contribution < 1.29 is 25.0 Å². The quantitative estimate of drug-likeness (QED) is 0.173. The number of hydrogen-bond donors (Lipinski definition) is 6. The van der Waals surface area contributed by atoms with Gasteiger partial charge in [0.15, 0.2) is 29.0 Å². The van der Waals surface area contributed by atoms with E-state index in [4.69, 9.17) is 21.2 Å². The maximum absolute atomic E-state index is 11.1. The molecule has 0 radical (unpaired) electrons. The van der Waals surface area contributed by atoms with Gasteiger partial charge in [0.2, 0.25) is 0 Å². The smallest absolute Gasteiger partial charge is 0.185 e. The summed E-state index contributed by atoms with van der Waals surface area (Å²) in [5, 5.41) is 31.5. The molecule has 2 aromatic carbocycles. The lowest BCUT2D eigenvalue weighted by Crippen LogP contribution is -3.05.